The largest absolute Gasteiger partial charge is 0.463 e. The number of rotatable bonds is 7. The number of hydrogen-bond donors (Lipinski definition) is 0. The highest BCUT2D eigenvalue weighted by Gasteiger charge is 2.40. The van der Waals surface area contributed by atoms with Crippen molar-refractivity contribution in [3.8, 4) is 6.01 Å². The Bertz CT molecular complexity index is 478. The number of halogens is 1. The lowest BCUT2D eigenvalue weighted by molar-refractivity contribution is 0.0680. The molecule has 0 atom stereocenters. The van der Waals surface area contributed by atoms with E-state index in [4.69, 9.17) is 16.3 Å². The van der Waals surface area contributed by atoms with E-state index in [-0.39, 0.29) is 10.8 Å². The Labute approximate surface area is 131 Å². The Morgan fingerprint density at radius 3 is 2.43 bits per heavy atom. The summed E-state index contributed by atoms with van der Waals surface area (Å²) in [5.74, 6) is 0.564. The number of aromatic nitrogens is 3. The van der Waals surface area contributed by atoms with Crippen molar-refractivity contribution >= 4 is 17.5 Å². The number of hydrogen-bond acceptors (Lipinski definition) is 6. The molecule has 1 fully saturated rings. The van der Waals surface area contributed by atoms with Crippen LogP contribution in [0.2, 0.25) is 5.28 Å². The van der Waals surface area contributed by atoms with E-state index in [1.165, 1.54) is 19.3 Å². The third-order valence-electron chi connectivity index (χ3n) is 4.12. The highest BCUT2D eigenvalue weighted by Crippen LogP contribution is 2.37. The first-order valence-electron chi connectivity index (χ1n) is 7.40. The lowest BCUT2D eigenvalue weighted by Gasteiger charge is -2.49. The van der Waals surface area contributed by atoms with Gasteiger partial charge in [0, 0.05) is 19.1 Å². The normalized spacial score (nSPS) is 16.7. The van der Waals surface area contributed by atoms with Gasteiger partial charge in [-0.2, -0.15) is 15.0 Å². The summed E-state index contributed by atoms with van der Waals surface area (Å²) in [6.07, 6.45) is 4.57. The fourth-order valence-electron chi connectivity index (χ4n) is 2.59. The molecule has 2 rings (SSSR count). The van der Waals surface area contributed by atoms with Crippen molar-refractivity contribution in [2.75, 3.05) is 39.2 Å². The zero-order valence-corrected chi connectivity index (χ0v) is 14.0. The van der Waals surface area contributed by atoms with Crippen molar-refractivity contribution in [2.24, 2.45) is 0 Å². The second kappa shape index (κ2) is 6.75. The van der Waals surface area contributed by atoms with Gasteiger partial charge in [0.25, 0.3) is 0 Å². The summed E-state index contributed by atoms with van der Waals surface area (Å²) in [5.41, 5.74) is 0.207. The average Bonchev–Trinajstić information content (AvgIpc) is 2.39. The standard InChI is InChI=1S/C14H24ClN5O/c1-5-9-21-13-17-11(15)16-12(18-13)20(4)10-14(19(2)3)7-6-8-14/h5-10H2,1-4H3. The number of ether oxygens (including phenoxy) is 1. The summed E-state index contributed by atoms with van der Waals surface area (Å²) in [6, 6.07) is 0.297. The molecule has 0 spiro atoms. The summed E-state index contributed by atoms with van der Waals surface area (Å²) in [5, 5.41) is 0.172. The maximum absolute atomic E-state index is 5.98. The van der Waals surface area contributed by atoms with Gasteiger partial charge < -0.3 is 14.5 Å². The Morgan fingerprint density at radius 2 is 1.90 bits per heavy atom. The molecule has 0 aromatic carbocycles. The maximum atomic E-state index is 5.98. The molecular formula is C14H24ClN5O. The highest BCUT2D eigenvalue weighted by molar-refractivity contribution is 6.28. The minimum atomic E-state index is 0.172. The molecule has 0 saturated heterocycles. The molecule has 0 unspecified atom stereocenters. The Balaban J connectivity index is 2.11. The molecular weight excluding hydrogens is 290 g/mol. The van der Waals surface area contributed by atoms with Crippen molar-refractivity contribution < 1.29 is 4.74 Å². The Morgan fingerprint density at radius 1 is 1.19 bits per heavy atom. The average molecular weight is 314 g/mol. The van der Waals surface area contributed by atoms with E-state index in [9.17, 15) is 0 Å². The second-order valence-electron chi connectivity index (χ2n) is 5.86. The van der Waals surface area contributed by atoms with E-state index >= 15 is 0 Å². The molecule has 6 nitrogen and oxygen atoms in total. The van der Waals surface area contributed by atoms with Crippen LogP contribution in [0.15, 0.2) is 0 Å². The van der Waals surface area contributed by atoms with E-state index in [1.807, 2.05) is 18.9 Å². The molecule has 1 aliphatic carbocycles. The predicted octanol–water partition coefficient (Wildman–Crippen LogP) is 2.23. The Kier molecular flexibility index (Phi) is 5.22. The van der Waals surface area contributed by atoms with Gasteiger partial charge in [-0.05, 0) is 51.4 Å². The monoisotopic (exact) mass is 313 g/mol. The fraction of sp³-hybridized carbons (Fsp3) is 0.786. The summed E-state index contributed by atoms with van der Waals surface area (Å²) < 4.78 is 5.46. The molecule has 7 heteroatoms. The minimum absolute atomic E-state index is 0.172. The lowest BCUT2D eigenvalue weighted by Crippen LogP contribution is -2.57. The van der Waals surface area contributed by atoms with Gasteiger partial charge in [0.15, 0.2) is 0 Å². The zero-order valence-electron chi connectivity index (χ0n) is 13.3. The third kappa shape index (κ3) is 3.74. The van der Waals surface area contributed by atoms with Crippen LogP contribution in [0.4, 0.5) is 5.95 Å². The van der Waals surface area contributed by atoms with E-state index in [0.29, 0.717) is 18.6 Å². The minimum Gasteiger partial charge on any atom is -0.463 e. The maximum Gasteiger partial charge on any atom is 0.322 e. The van der Waals surface area contributed by atoms with Crippen LogP contribution >= 0.6 is 11.6 Å². The van der Waals surface area contributed by atoms with Gasteiger partial charge in [0.05, 0.1) is 6.61 Å². The van der Waals surface area contributed by atoms with Gasteiger partial charge in [-0.25, -0.2) is 0 Å². The topological polar surface area (TPSA) is 54.4 Å². The van der Waals surface area contributed by atoms with Crippen LogP contribution in [0.3, 0.4) is 0 Å². The summed E-state index contributed by atoms with van der Waals surface area (Å²) >= 11 is 5.98. The van der Waals surface area contributed by atoms with Crippen molar-refractivity contribution in [2.45, 2.75) is 38.1 Å². The second-order valence-corrected chi connectivity index (χ2v) is 6.20. The summed E-state index contributed by atoms with van der Waals surface area (Å²) in [6.45, 7) is 3.48. The number of anilines is 1. The molecule has 0 bridgehead atoms. The molecule has 1 aromatic heterocycles. The van der Waals surface area contributed by atoms with Crippen molar-refractivity contribution in [1.82, 2.24) is 19.9 Å². The van der Waals surface area contributed by atoms with Crippen LogP contribution in [0.1, 0.15) is 32.6 Å². The lowest BCUT2D eigenvalue weighted by atomic mass is 9.75. The highest BCUT2D eigenvalue weighted by atomic mass is 35.5. The molecule has 1 saturated carbocycles. The van der Waals surface area contributed by atoms with Gasteiger partial charge in [0.2, 0.25) is 11.2 Å². The van der Waals surface area contributed by atoms with Crippen LogP contribution < -0.4 is 9.64 Å². The third-order valence-corrected chi connectivity index (χ3v) is 4.29. The van der Waals surface area contributed by atoms with E-state index in [1.54, 1.807) is 0 Å². The van der Waals surface area contributed by atoms with E-state index < -0.39 is 0 Å². The van der Waals surface area contributed by atoms with Crippen LogP contribution in [0, 0.1) is 0 Å². The molecule has 1 aliphatic rings. The van der Waals surface area contributed by atoms with Gasteiger partial charge >= 0.3 is 6.01 Å². The molecule has 0 aliphatic heterocycles. The first-order chi connectivity index (χ1) is 9.97. The first-order valence-corrected chi connectivity index (χ1v) is 7.77. The van der Waals surface area contributed by atoms with Gasteiger partial charge in [0.1, 0.15) is 0 Å². The van der Waals surface area contributed by atoms with Crippen molar-refractivity contribution in [3.05, 3.63) is 5.28 Å². The SMILES string of the molecule is CCCOc1nc(Cl)nc(N(C)CC2(N(C)C)CCC2)n1. The predicted molar refractivity (Wildman–Crippen MR) is 84.2 cm³/mol. The quantitative estimate of drug-likeness (QED) is 0.769. The van der Waals surface area contributed by atoms with Crippen molar-refractivity contribution in [1.29, 1.82) is 0 Å². The molecule has 1 heterocycles. The molecule has 0 N–H and O–H groups in total. The van der Waals surface area contributed by atoms with Crippen LogP contribution in [-0.4, -0.2) is 59.7 Å². The Hall–Kier alpha value is -1.14. The number of likely N-dealkylation sites (N-methyl/N-ethyl adjacent to an activating group) is 2. The fourth-order valence-corrected chi connectivity index (χ4v) is 2.74. The van der Waals surface area contributed by atoms with Crippen molar-refractivity contribution in [3.63, 3.8) is 0 Å². The summed E-state index contributed by atoms with van der Waals surface area (Å²) in [7, 11) is 6.24. The van der Waals surface area contributed by atoms with Gasteiger partial charge in [-0.1, -0.05) is 6.92 Å². The van der Waals surface area contributed by atoms with E-state index in [0.717, 1.165) is 13.0 Å². The number of nitrogens with zero attached hydrogens (tertiary/aromatic N) is 5. The molecule has 0 radical (unpaired) electrons. The first kappa shape index (κ1) is 16.2. The smallest absolute Gasteiger partial charge is 0.322 e. The van der Waals surface area contributed by atoms with Crippen LogP contribution in [0.5, 0.6) is 6.01 Å². The van der Waals surface area contributed by atoms with Crippen LogP contribution in [-0.2, 0) is 0 Å². The molecule has 21 heavy (non-hydrogen) atoms. The van der Waals surface area contributed by atoms with Gasteiger partial charge in [-0.3, -0.25) is 0 Å². The van der Waals surface area contributed by atoms with Crippen LogP contribution in [0.25, 0.3) is 0 Å². The van der Waals surface area contributed by atoms with E-state index in [2.05, 4.69) is 33.9 Å². The zero-order chi connectivity index (χ0) is 15.5. The molecule has 0 amide bonds. The molecule has 1 aromatic rings. The summed E-state index contributed by atoms with van der Waals surface area (Å²) in [4.78, 5) is 16.9. The molecule has 118 valence electrons. The van der Waals surface area contributed by atoms with Gasteiger partial charge in [-0.15, -0.1) is 0 Å².